The van der Waals surface area contributed by atoms with E-state index < -0.39 is 0 Å². The smallest absolute Gasteiger partial charge is 0.137 e. The highest BCUT2D eigenvalue weighted by Gasteiger charge is 2.04. The summed E-state index contributed by atoms with van der Waals surface area (Å²) in [6, 6.07) is 7.63. The summed E-state index contributed by atoms with van der Waals surface area (Å²) in [5.74, 6) is 0.804. The van der Waals surface area contributed by atoms with Gasteiger partial charge < -0.3 is 11.1 Å². The minimum absolute atomic E-state index is 0.677. The highest BCUT2D eigenvalue weighted by Crippen LogP contribution is 2.21. The fourth-order valence-electron chi connectivity index (χ4n) is 2.08. The van der Waals surface area contributed by atoms with Crippen molar-refractivity contribution >= 4 is 22.4 Å². The molecule has 0 aliphatic rings. The second-order valence-electron chi connectivity index (χ2n) is 4.65. The summed E-state index contributed by atoms with van der Waals surface area (Å²) in [7, 11) is 0. The SMILES string of the molecule is Cc1ccncc1CNc1ncnc2cc(N)ccc12. The lowest BCUT2D eigenvalue weighted by molar-refractivity contribution is 1.06. The fraction of sp³-hybridized carbons (Fsp3) is 0.133. The number of nitrogens with zero attached hydrogens (tertiary/aromatic N) is 3. The van der Waals surface area contributed by atoms with Gasteiger partial charge in [0.2, 0.25) is 0 Å². The third kappa shape index (κ3) is 2.38. The first-order valence-electron chi connectivity index (χ1n) is 6.37. The Balaban J connectivity index is 1.90. The third-order valence-corrected chi connectivity index (χ3v) is 3.25. The molecule has 5 nitrogen and oxygen atoms in total. The van der Waals surface area contributed by atoms with Crippen LogP contribution < -0.4 is 11.1 Å². The molecule has 0 unspecified atom stereocenters. The molecular weight excluding hydrogens is 250 g/mol. The Labute approximate surface area is 116 Å². The van der Waals surface area contributed by atoms with Crippen LogP contribution in [0.3, 0.4) is 0 Å². The number of pyridine rings is 1. The quantitative estimate of drug-likeness (QED) is 0.712. The number of rotatable bonds is 3. The zero-order valence-electron chi connectivity index (χ0n) is 11.2. The van der Waals surface area contributed by atoms with Gasteiger partial charge in [-0.1, -0.05) is 0 Å². The highest BCUT2D eigenvalue weighted by molar-refractivity contribution is 5.90. The van der Waals surface area contributed by atoms with Crippen LogP contribution in [0, 0.1) is 6.92 Å². The van der Waals surface area contributed by atoms with E-state index in [0.717, 1.165) is 22.3 Å². The van der Waals surface area contributed by atoms with Gasteiger partial charge in [-0.05, 0) is 42.3 Å². The zero-order chi connectivity index (χ0) is 13.9. The van der Waals surface area contributed by atoms with Crippen molar-refractivity contribution in [3.8, 4) is 0 Å². The number of nitrogen functional groups attached to an aromatic ring is 1. The van der Waals surface area contributed by atoms with E-state index in [4.69, 9.17) is 5.73 Å². The summed E-state index contributed by atoms with van der Waals surface area (Å²) >= 11 is 0. The Hall–Kier alpha value is -2.69. The normalized spacial score (nSPS) is 10.7. The molecule has 1 aromatic carbocycles. The lowest BCUT2D eigenvalue weighted by Crippen LogP contribution is -2.04. The van der Waals surface area contributed by atoms with Gasteiger partial charge >= 0.3 is 0 Å². The highest BCUT2D eigenvalue weighted by atomic mass is 15.0. The van der Waals surface area contributed by atoms with Crippen molar-refractivity contribution in [1.29, 1.82) is 0 Å². The molecule has 0 radical (unpaired) electrons. The second kappa shape index (κ2) is 5.13. The average Bonchev–Trinajstić information content (AvgIpc) is 2.46. The van der Waals surface area contributed by atoms with E-state index >= 15 is 0 Å². The van der Waals surface area contributed by atoms with Gasteiger partial charge in [-0.15, -0.1) is 0 Å². The van der Waals surface area contributed by atoms with Crippen LogP contribution >= 0.6 is 0 Å². The lowest BCUT2D eigenvalue weighted by Gasteiger charge is -2.10. The average molecular weight is 265 g/mol. The van der Waals surface area contributed by atoms with E-state index in [9.17, 15) is 0 Å². The van der Waals surface area contributed by atoms with Crippen molar-refractivity contribution < 1.29 is 0 Å². The Morgan fingerprint density at radius 3 is 2.95 bits per heavy atom. The Morgan fingerprint density at radius 2 is 2.10 bits per heavy atom. The first-order valence-corrected chi connectivity index (χ1v) is 6.37. The maximum Gasteiger partial charge on any atom is 0.137 e. The molecule has 2 aromatic heterocycles. The summed E-state index contributed by atoms with van der Waals surface area (Å²) in [6.07, 6.45) is 5.20. The standard InChI is InChI=1S/C15H15N5/c1-10-4-5-17-7-11(10)8-18-15-13-3-2-12(16)6-14(13)19-9-20-15/h2-7,9H,8,16H2,1H3,(H,18,19,20). The summed E-state index contributed by atoms with van der Waals surface area (Å²) in [4.78, 5) is 12.7. The number of aromatic nitrogens is 3. The molecular formula is C15H15N5. The molecule has 0 atom stereocenters. The van der Waals surface area contributed by atoms with Crippen molar-refractivity contribution in [2.75, 3.05) is 11.1 Å². The summed E-state index contributed by atoms with van der Waals surface area (Å²) in [5, 5.41) is 4.29. The molecule has 3 aromatic rings. The number of aryl methyl sites for hydroxylation is 1. The zero-order valence-corrected chi connectivity index (χ0v) is 11.2. The molecule has 0 amide bonds. The molecule has 0 saturated heterocycles. The molecule has 0 bridgehead atoms. The number of nitrogens with two attached hydrogens (primary N) is 1. The third-order valence-electron chi connectivity index (χ3n) is 3.25. The summed E-state index contributed by atoms with van der Waals surface area (Å²) in [5.41, 5.74) is 9.66. The maximum absolute atomic E-state index is 5.77. The Bertz CT molecular complexity index is 754. The molecule has 0 aliphatic heterocycles. The van der Waals surface area contributed by atoms with Gasteiger partial charge in [-0.25, -0.2) is 9.97 Å². The molecule has 3 rings (SSSR count). The van der Waals surface area contributed by atoms with Crippen LogP contribution in [-0.2, 0) is 6.54 Å². The number of hydrogen-bond acceptors (Lipinski definition) is 5. The van der Waals surface area contributed by atoms with E-state index in [0.29, 0.717) is 12.2 Å². The molecule has 2 heterocycles. The lowest BCUT2D eigenvalue weighted by atomic mass is 10.1. The van der Waals surface area contributed by atoms with E-state index in [1.807, 2.05) is 30.5 Å². The van der Waals surface area contributed by atoms with Crippen LogP contribution in [-0.4, -0.2) is 15.0 Å². The van der Waals surface area contributed by atoms with Crippen LogP contribution in [0.15, 0.2) is 43.0 Å². The predicted molar refractivity (Wildman–Crippen MR) is 80.3 cm³/mol. The first kappa shape index (κ1) is 12.3. The number of fused-ring (bicyclic) bond motifs is 1. The number of nitrogens with one attached hydrogen (secondary N) is 1. The van der Waals surface area contributed by atoms with Gasteiger partial charge in [0.1, 0.15) is 12.1 Å². The van der Waals surface area contributed by atoms with Gasteiger partial charge in [-0.2, -0.15) is 0 Å². The van der Waals surface area contributed by atoms with Gasteiger partial charge in [0.05, 0.1) is 5.52 Å². The molecule has 0 aliphatic carbocycles. The Kier molecular flexibility index (Phi) is 3.16. The monoisotopic (exact) mass is 265 g/mol. The van der Waals surface area contributed by atoms with Crippen LogP contribution in [0.2, 0.25) is 0 Å². The first-order chi connectivity index (χ1) is 9.74. The van der Waals surface area contributed by atoms with Crippen molar-refractivity contribution in [2.45, 2.75) is 13.5 Å². The summed E-state index contributed by atoms with van der Waals surface area (Å²) < 4.78 is 0. The molecule has 20 heavy (non-hydrogen) atoms. The van der Waals surface area contributed by atoms with Gasteiger partial charge in [-0.3, -0.25) is 4.98 Å². The number of anilines is 2. The largest absolute Gasteiger partial charge is 0.399 e. The van der Waals surface area contributed by atoms with Crippen LogP contribution in [0.25, 0.3) is 10.9 Å². The minimum atomic E-state index is 0.677. The van der Waals surface area contributed by atoms with Crippen molar-refractivity contribution in [3.05, 3.63) is 54.1 Å². The molecule has 0 spiro atoms. The van der Waals surface area contributed by atoms with Crippen molar-refractivity contribution in [1.82, 2.24) is 15.0 Å². The Morgan fingerprint density at radius 1 is 1.20 bits per heavy atom. The molecule has 100 valence electrons. The molecule has 3 N–H and O–H groups in total. The second-order valence-corrected chi connectivity index (χ2v) is 4.65. The van der Waals surface area contributed by atoms with Gasteiger partial charge in [0.15, 0.2) is 0 Å². The van der Waals surface area contributed by atoms with E-state index in [-0.39, 0.29) is 0 Å². The van der Waals surface area contributed by atoms with E-state index in [1.54, 1.807) is 12.5 Å². The van der Waals surface area contributed by atoms with Crippen LogP contribution in [0.5, 0.6) is 0 Å². The molecule has 0 fully saturated rings. The molecule has 5 heteroatoms. The number of benzene rings is 1. The topological polar surface area (TPSA) is 76.7 Å². The molecule has 0 saturated carbocycles. The van der Waals surface area contributed by atoms with Crippen molar-refractivity contribution in [3.63, 3.8) is 0 Å². The van der Waals surface area contributed by atoms with Gasteiger partial charge in [0, 0.05) is 30.0 Å². The van der Waals surface area contributed by atoms with Crippen LogP contribution in [0.1, 0.15) is 11.1 Å². The fourth-order valence-corrected chi connectivity index (χ4v) is 2.08. The summed E-state index contributed by atoms with van der Waals surface area (Å²) in [6.45, 7) is 2.74. The predicted octanol–water partition coefficient (Wildman–Crippen LogP) is 2.53. The minimum Gasteiger partial charge on any atom is -0.399 e. The van der Waals surface area contributed by atoms with Crippen molar-refractivity contribution in [2.24, 2.45) is 0 Å². The van der Waals surface area contributed by atoms with Gasteiger partial charge in [0.25, 0.3) is 0 Å². The maximum atomic E-state index is 5.77. The van der Waals surface area contributed by atoms with Crippen LogP contribution in [0.4, 0.5) is 11.5 Å². The van der Waals surface area contributed by atoms with E-state index in [2.05, 4.69) is 27.2 Å². The van der Waals surface area contributed by atoms with E-state index in [1.165, 1.54) is 5.56 Å². The number of hydrogen-bond donors (Lipinski definition) is 2.